The standard InChI is InChI=1S/C17H15F2N.C5H13NO2/c1-20-11-13(15-10-14(18)7-8-16(15)19)9-17(20)12-5-3-2-4-6-12;1-6-4-5(8)2-3-7/h2-10,17H,11H2,1H3;5-8H,2-4H2,1H3. The van der Waals surface area contributed by atoms with Gasteiger partial charge in [0, 0.05) is 25.3 Å². The number of halogens is 2. The number of aliphatic hydroxyl groups is 2. The average molecular weight is 390 g/mol. The molecule has 4 nitrogen and oxygen atoms in total. The third-order valence-electron chi connectivity index (χ3n) is 4.57. The molecular weight excluding hydrogens is 362 g/mol. The molecule has 0 fully saturated rings. The van der Waals surface area contributed by atoms with Crippen molar-refractivity contribution in [2.45, 2.75) is 18.6 Å². The Hall–Kier alpha value is -2.12. The highest BCUT2D eigenvalue weighted by molar-refractivity contribution is 5.70. The van der Waals surface area contributed by atoms with Gasteiger partial charge in [-0.2, -0.15) is 0 Å². The average Bonchev–Trinajstić information content (AvgIpc) is 3.07. The van der Waals surface area contributed by atoms with E-state index in [1.807, 2.05) is 43.5 Å². The Balaban J connectivity index is 0.000000300. The summed E-state index contributed by atoms with van der Waals surface area (Å²) in [6, 6.07) is 13.7. The molecule has 3 rings (SSSR count). The monoisotopic (exact) mass is 390 g/mol. The van der Waals surface area contributed by atoms with E-state index in [-0.39, 0.29) is 18.5 Å². The van der Waals surface area contributed by atoms with Crippen molar-refractivity contribution in [2.75, 3.05) is 33.8 Å². The van der Waals surface area contributed by atoms with Gasteiger partial charge in [-0.3, -0.25) is 4.90 Å². The summed E-state index contributed by atoms with van der Waals surface area (Å²) in [4.78, 5) is 2.12. The molecule has 0 amide bonds. The van der Waals surface area contributed by atoms with Gasteiger partial charge in [0.2, 0.25) is 0 Å². The van der Waals surface area contributed by atoms with E-state index in [9.17, 15) is 8.78 Å². The van der Waals surface area contributed by atoms with E-state index in [1.165, 1.54) is 12.1 Å². The first-order valence-corrected chi connectivity index (χ1v) is 9.31. The summed E-state index contributed by atoms with van der Waals surface area (Å²) in [5.41, 5.74) is 2.34. The number of nitrogens with zero attached hydrogens (tertiary/aromatic N) is 1. The van der Waals surface area contributed by atoms with E-state index >= 15 is 0 Å². The van der Waals surface area contributed by atoms with Gasteiger partial charge in [0.1, 0.15) is 11.6 Å². The molecule has 0 aliphatic carbocycles. The lowest BCUT2D eigenvalue weighted by Crippen LogP contribution is -2.24. The fraction of sp³-hybridized carbons (Fsp3) is 0.364. The van der Waals surface area contributed by atoms with Gasteiger partial charge in [0.25, 0.3) is 0 Å². The first-order chi connectivity index (χ1) is 13.5. The summed E-state index contributed by atoms with van der Waals surface area (Å²) in [6.45, 7) is 1.23. The normalized spacial score (nSPS) is 17.6. The van der Waals surface area contributed by atoms with Gasteiger partial charge in [0.15, 0.2) is 0 Å². The molecule has 28 heavy (non-hydrogen) atoms. The number of hydrogen-bond donors (Lipinski definition) is 3. The molecular formula is C22H28F2N2O2. The lowest BCUT2D eigenvalue weighted by atomic mass is 10.0. The molecule has 0 radical (unpaired) electrons. The summed E-state index contributed by atoms with van der Waals surface area (Å²) in [7, 11) is 3.75. The molecule has 6 heteroatoms. The van der Waals surface area contributed by atoms with E-state index in [0.717, 1.165) is 17.2 Å². The number of likely N-dealkylation sites (N-methyl/N-ethyl adjacent to an activating group) is 2. The molecule has 1 heterocycles. The first kappa shape index (κ1) is 22.2. The van der Waals surface area contributed by atoms with Crippen LogP contribution in [0.1, 0.15) is 23.6 Å². The zero-order valence-electron chi connectivity index (χ0n) is 16.3. The highest BCUT2D eigenvalue weighted by Crippen LogP contribution is 2.34. The van der Waals surface area contributed by atoms with Crippen molar-refractivity contribution in [3.8, 4) is 0 Å². The molecule has 1 aliphatic heterocycles. The van der Waals surface area contributed by atoms with Crippen molar-refractivity contribution in [1.29, 1.82) is 0 Å². The molecule has 2 aromatic carbocycles. The SMILES string of the molecule is CN1CC(c2cc(F)ccc2F)=CC1c1ccccc1.CNCC(O)CCO. The van der Waals surface area contributed by atoms with Crippen LogP contribution in [-0.4, -0.2) is 55.0 Å². The molecule has 0 bridgehead atoms. The number of aliphatic hydroxyl groups excluding tert-OH is 2. The Bertz CT molecular complexity index is 762. The molecule has 3 N–H and O–H groups in total. The Morgan fingerprint density at radius 2 is 1.89 bits per heavy atom. The van der Waals surface area contributed by atoms with Gasteiger partial charge in [-0.1, -0.05) is 36.4 Å². The minimum absolute atomic E-state index is 0.0584. The van der Waals surface area contributed by atoms with Gasteiger partial charge < -0.3 is 15.5 Å². The van der Waals surface area contributed by atoms with Crippen LogP contribution in [-0.2, 0) is 0 Å². The second kappa shape index (κ2) is 11.0. The van der Waals surface area contributed by atoms with Crippen molar-refractivity contribution in [2.24, 2.45) is 0 Å². The summed E-state index contributed by atoms with van der Waals surface area (Å²) in [5, 5.41) is 19.9. The second-order valence-electron chi connectivity index (χ2n) is 6.81. The maximum atomic E-state index is 13.9. The van der Waals surface area contributed by atoms with Crippen molar-refractivity contribution in [3.63, 3.8) is 0 Å². The van der Waals surface area contributed by atoms with E-state index in [2.05, 4.69) is 10.2 Å². The topological polar surface area (TPSA) is 55.7 Å². The summed E-state index contributed by atoms with van der Waals surface area (Å²) in [6.07, 6.45) is 2.07. The zero-order valence-corrected chi connectivity index (χ0v) is 16.3. The number of benzene rings is 2. The van der Waals surface area contributed by atoms with Crippen molar-refractivity contribution < 1.29 is 19.0 Å². The summed E-state index contributed by atoms with van der Waals surface area (Å²) in [5.74, 6) is -0.784. The van der Waals surface area contributed by atoms with Gasteiger partial charge >= 0.3 is 0 Å². The highest BCUT2D eigenvalue weighted by Gasteiger charge is 2.25. The van der Waals surface area contributed by atoms with Crippen LogP contribution in [0, 0.1) is 11.6 Å². The number of hydrogen-bond acceptors (Lipinski definition) is 4. The molecule has 2 unspecified atom stereocenters. The van der Waals surface area contributed by atoms with E-state index in [1.54, 1.807) is 7.05 Å². The molecule has 2 atom stereocenters. The molecule has 0 saturated carbocycles. The van der Waals surface area contributed by atoms with Crippen molar-refractivity contribution in [3.05, 3.63) is 77.4 Å². The van der Waals surface area contributed by atoms with Crippen LogP contribution in [0.5, 0.6) is 0 Å². The Labute approximate surface area is 165 Å². The zero-order chi connectivity index (χ0) is 20.5. The predicted molar refractivity (Wildman–Crippen MR) is 108 cm³/mol. The van der Waals surface area contributed by atoms with Gasteiger partial charge in [-0.25, -0.2) is 8.78 Å². The van der Waals surface area contributed by atoms with Crippen LogP contribution in [0.4, 0.5) is 8.78 Å². The van der Waals surface area contributed by atoms with Gasteiger partial charge in [-0.15, -0.1) is 0 Å². The Morgan fingerprint density at radius 1 is 1.18 bits per heavy atom. The minimum Gasteiger partial charge on any atom is -0.396 e. The second-order valence-corrected chi connectivity index (χ2v) is 6.81. The molecule has 2 aromatic rings. The molecule has 1 aliphatic rings. The predicted octanol–water partition coefficient (Wildman–Crippen LogP) is 2.98. The van der Waals surface area contributed by atoms with Crippen molar-refractivity contribution in [1.82, 2.24) is 10.2 Å². The van der Waals surface area contributed by atoms with E-state index in [0.29, 0.717) is 25.1 Å². The lowest BCUT2D eigenvalue weighted by molar-refractivity contribution is 0.133. The van der Waals surface area contributed by atoms with Crippen molar-refractivity contribution >= 4 is 5.57 Å². The van der Waals surface area contributed by atoms with Crippen LogP contribution >= 0.6 is 0 Å². The Morgan fingerprint density at radius 3 is 2.54 bits per heavy atom. The fourth-order valence-electron chi connectivity index (χ4n) is 3.14. The maximum absolute atomic E-state index is 13.9. The lowest BCUT2D eigenvalue weighted by Gasteiger charge is -2.19. The first-order valence-electron chi connectivity index (χ1n) is 9.31. The van der Waals surface area contributed by atoms with Crippen LogP contribution in [0.2, 0.25) is 0 Å². The van der Waals surface area contributed by atoms with Crippen LogP contribution in [0.25, 0.3) is 5.57 Å². The molecule has 0 aromatic heterocycles. The van der Waals surface area contributed by atoms with E-state index < -0.39 is 11.9 Å². The fourth-order valence-corrected chi connectivity index (χ4v) is 3.14. The van der Waals surface area contributed by atoms with Gasteiger partial charge in [0.05, 0.1) is 12.1 Å². The van der Waals surface area contributed by atoms with Crippen LogP contribution < -0.4 is 5.32 Å². The minimum atomic E-state index is -0.409. The highest BCUT2D eigenvalue weighted by atomic mass is 19.1. The third kappa shape index (κ3) is 6.21. The molecule has 0 saturated heterocycles. The molecule has 0 spiro atoms. The number of rotatable bonds is 6. The quantitative estimate of drug-likeness (QED) is 0.710. The summed E-state index contributed by atoms with van der Waals surface area (Å²) >= 11 is 0. The van der Waals surface area contributed by atoms with Crippen LogP contribution in [0.3, 0.4) is 0 Å². The smallest absolute Gasteiger partial charge is 0.130 e. The largest absolute Gasteiger partial charge is 0.396 e. The van der Waals surface area contributed by atoms with Crippen LogP contribution in [0.15, 0.2) is 54.6 Å². The number of nitrogens with one attached hydrogen (secondary N) is 1. The summed E-state index contributed by atoms with van der Waals surface area (Å²) < 4.78 is 27.2. The van der Waals surface area contributed by atoms with E-state index in [4.69, 9.17) is 10.2 Å². The Kier molecular flexibility index (Phi) is 8.73. The van der Waals surface area contributed by atoms with Gasteiger partial charge in [-0.05, 0) is 49.9 Å². The maximum Gasteiger partial charge on any atom is 0.130 e. The third-order valence-corrected chi connectivity index (χ3v) is 4.57. The molecule has 152 valence electrons.